The summed E-state index contributed by atoms with van der Waals surface area (Å²) in [7, 11) is 0. The Balaban J connectivity index is 1.25. The first kappa shape index (κ1) is 17.8. The first-order chi connectivity index (χ1) is 12.8. The van der Waals surface area contributed by atoms with Gasteiger partial charge in [0.2, 0.25) is 0 Å². The van der Waals surface area contributed by atoms with Gasteiger partial charge in [-0.25, -0.2) is 0 Å². The first-order valence-corrected chi connectivity index (χ1v) is 10.5. The average Bonchev–Trinajstić information content (AvgIpc) is 3.40. The fourth-order valence-electron chi connectivity index (χ4n) is 5.16. The molecule has 4 rings (SSSR count). The number of piperazine rings is 1. The van der Waals surface area contributed by atoms with E-state index in [4.69, 9.17) is 9.52 Å². The average molecular weight is 360 g/mol. The SMILES string of the molecule is CCNC(=NCCC1CC2CCC1C2)N1CCN(Cc2ccon2)CC1. The quantitative estimate of drug-likeness (QED) is 0.625. The van der Waals surface area contributed by atoms with Crippen molar-refractivity contribution in [3.8, 4) is 0 Å². The minimum absolute atomic E-state index is 0.877. The van der Waals surface area contributed by atoms with Gasteiger partial charge in [-0.3, -0.25) is 9.89 Å². The molecule has 3 fully saturated rings. The maximum Gasteiger partial charge on any atom is 0.194 e. The lowest BCUT2D eigenvalue weighted by Gasteiger charge is -2.36. The van der Waals surface area contributed by atoms with Crippen molar-refractivity contribution >= 4 is 5.96 Å². The van der Waals surface area contributed by atoms with Gasteiger partial charge in [-0.05, 0) is 50.4 Å². The molecule has 3 atom stereocenters. The Morgan fingerprint density at radius 2 is 2.15 bits per heavy atom. The van der Waals surface area contributed by atoms with E-state index in [1.165, 1.54) is 32.1 Å². The summed E-state index contributed by atoms with van der Waals surface area (Å²) < 4.78 is 4.94. The zero-order valence-electron chi connectivity index (χ0n) is 16.1. The molecule has 2 saturated carbocycles. The molecule has 0 aromatic carbocycles. The summed E-state index contributed by atoms with van der Waals surface area (Å²) in [6.07, 6.45) is 8.87. The molecule has 1 aromatic heterocycles. The summed E-state index contributed by atoms with van der Waals surface area (Å²) in [5.41, 5.74) is 1.02. The molecule has 6 heteroatoms. The van der Waals surface area contributed by atoms with Crippen LogP contribution in [0.1, 0.15) is 44.7 Å². The molecule has 2 aliphatic carbocycles. The summed E-state index contributed by atoms with van der Waals surface area (Å²) >= 11 is 0. The van der Waals surface area contributed by atoms with Crippen molar-refractivity contribution in [1.29, 1.82) is 0 Å². The molecule has 0 spiro atoms. The predicted molar refractivity (Wildman–Crippen MR) is 103 cm³/mol. The normalized spacial score (nSPS) is 29.5. The third kappa shape index (κ3) is 4.22. The van der Waals surface area contributed by atoms with Crippen LogP contribution in [-0.2, 0) is 6.54 Å². The van der Waals surface area contributed by atoms with Crippen molar-refractivity contribution in [2.75, 3.05) is 39.3 Å². The van der Waals surface area contributed by atoms with Crippen LogP contribution in [-0.4, -0.2) is 60.2 Å². The molecule has 144 valence electrons. The maximum atomic E-state index is 4.97. The molecule has 0 radical (unpaired) electrons. The van der Waals surface area contributed by atoms with E-state index in [0.29, 0.717) is 0 Å². The number of nitrogens with one attached hydrogen (secondary N) is 1. The lowest BCUT2D eigenvalue weighted by atomic mass is 9.86. The summed E-state index contributed by atoms with van der Waals surface area (Å²) in [5.74, 6) is 4.11. The van der Waals surface area contributed by atoms with Crippen molar-refractivity contribution in [2.45, 2.75) is 45.6 Å². The van der Waals surface area contributed by atoms with Gasteiger partial charge >= 0.3 is 0 Å². The van der Waals surface area contributed by atoms with Crippen LogP contribution >= 0.6 is 0 Å². The fourth-order valence-corrected chi connectivity index (χ4v) is 5.16. The molecule has 26 heavy (non-hydrogen) atoms. The van der Waals surface area contributed by atoms with Crippen molar-refractivity contribution in [3.05, 3.63) is 18.0 Å². The molecule has 2 bridgehead atoms. The van der Waals surface area contributed by atoms with Crippen LogP contribution in [0.5, 0.6) is 0 Å². The zero-order valence-corrected chi connectivity index (χ0v) is 16.1. The van der Waals surface area contributed by atoms with Crippen molar-refractivity contribution in [1.82, 2.24) is 20.3 Å². The van der Waals surface area contributed by atoms with E-state index in [9.17, 15) is 0 Å². The second-order valence-electron chi connectivity index (χ2n) is 8.21. The lowest BCUT2D eigenvalue weighted by Crippen LogP contribution is -2.52. The fraction of sp³-hybridized carbons (Fsp3) is 0.800. The smallest absolute Gasteiger partial charge is 0.194 e. The number of guanidine groups is 1. The summed E-state index contributed by atoms with van der Waals surface area (Å²) in [6, 6.07) is 1.95. The Morgan fingerprint density at radius 3 is 2.81 bits per heavy atom. The van der Waals surface area contributed by atoms with E-state index in [0.717, 1.165) is 75.2 Å². The van der Waals surface area contributed by atoms with Gasteiger partial charge in [0.25, 0.3) is 0 Å². The topological polar surface area (TPSA) is 56.9 Å². The Labute approximate surface area is 157 Å². The van der Waals surface area contributed by atoms with Crippen LogP contribution in [0.15, 0.2) is 21.8 Å². The predicted octanol–water partition coefficient (Wildman–Crippen LogP) is 2.58. The van der Waals surface area contributed by atoms with Gasteiger partial charge in [0, 0.05) is 51.9 Å². The first-order valence-electron chi connectivity index (χ1n) is 10.5. The minimum Gasteiger partial charge on any atom is -0.364 e. The Hall–Kier alpha value is -1.56. The third-order valence-electron chi connectivity index (χ3n) is 6.53. The molecule has 0 amide bonds. The molecule has 3 aliphatic rings. The van der Waals surface area contributed by atoms with Crippen molar-refractivity contribution in [3.63, 3.8) is 0 Å². The molecule has 1 aliphatic heterocycles. The Bertz CT molecular complexity index is 579. The van der Waals surface area contributed by atoms with Crippen molar-refractivity contribution in [2.24, 2.45) is 22.7 Å². The van der Waals surface area contributed by atoms with E-state index in [-0.39, 0.29) is 0 Å². The second-order valence-corrected chi connectivity index (χ2v) is 8.21. The summed E-state index contributed by atoms with van der Waals surface area (Å²) in [5, 5.41) is 7.52. The van der Waals surface area contributed by atoms with Crippen molar-refractivity contribution < 1.29 is 4.52 Å². The molecule has 1 N–H and O–H groups in total. The van der Waals surface area contributed by atoms with Gasteiger partial charge in [0.15, 0.2) is 5.96 Å². The minimum atomic E-state index is 0.877. The number of fused-ring (bicyclic) bond motifs is 2. The van der Waals surface area contributed by atoms with E-state index in [1.807, 2.05) is 6.07 Å². The molecular formula is C20H33N5O. The number of nitrogens with zero attached hydrogens (tertiary/aromatic N) is 4. The molecular weight excluding hydrogens is 326 g/mol. The molecule has 6 nitrogen and oxygen atoms in total. The van der Waals surface area contributed by atoms with Gasteiger partial charge < -0.3 is 14.7 Å². The van der Waals surface area contributed by atoms with E-state index < -0.39 is 0 Å². The van der Waals surface area contributed by atoms with Crippen LogP contribution in [0.3, 0.4) is 0 Å². The second kappa shape index (κ2) is 8.42. The highest BCUT2D eigenvalue weighted by Crippen LogP contribution is 2.49. The van der Waals surface area contributed by atoms with Gasteiger partial charge in [-0.1, -0.05) is 11.6 Å². The molecule has 1 saturated heterocycles. The molecule has 3 unspecified atom stereocenters. The number of rotatable bonds is 6. The van der Waals surface area contributed by atoms with E-state index in [1.54, 1.807) is 6.26 Å². The molecule has 1 aromatic rings. The summed E-state index contributed by atoms with van der Waals surface area (Å²) in [4.78, 5) is 9.83. The van der Waals surface area contributed by atoms with Gasteiger partial charge in [-0.2, -0.15) is 0 Å². The number of aliphatic imine (C=N–C) groups is 1. The van der Waals surface area contributed by atoms with Crippen LogP contribution in [0, 0.1) is 17.8 Å². The number of aromatic nitrogens is 1. The largest absolute Gasteiger partial charge is 0.364 e. The van der Waals surface area contributed by atoms with Gasteiger partial charge in [0.1, 0.15) is 6.26 Å². The van der Waals surface area contributed by atoms with Crippen LogP contribution in [0.4, 0.5) is 0 Å². The third-order valence-corrected chi connectivity index (χ3v) is 6.53. The molecule has 2 heterocycles. The lowest BCUT2D eigenvalue weighted by molar-refractivity contribution is 0.169. The zero-order chi connectivity index (χ0) is 17.8. The number of hydrogen-bond donors (Lipinski definition) is 1. The van der Waals surface area contributed by atoms with Crippen LogP contribution < -0.4 is 5.32 Å². The van der Waals surface area contributed by atoms with Gasteiger partial charge in [-0.15, -0.1) is 0 Å². The van der Waals surface area contributed by atoms with Crippen LogP contribution in [0.25, 0.3) is 0 Å². The standard InChI is InChI=1S/C20H33N5O/c1-2-21-20(22-7-5-18-14-16-3-4-17(18)13-16)25-10-8-24(9-11-25)15-19-6-12-26-23-19/h6,12,16-18H,2-5,7-11,13-15H2,1H3,(H,21,22). The van der Waals surface area contributed by atoms with Gasteiger partial charge in [0.05, 0.1) is 5.69 Å². The Kier molecular flexibility index (Phi) is 5.78. The van der Waals surface area contributed by atoms with E-state index in [2.05, 4.69) is 27.2 Å². The number of hydrogen-bond acceptors (Lipinski definition) is 4. The monoisotopic (exact) mass is 359 g/mol. The maximum absolute atomic E-state index is 4.97. The summed E-state index contributed by atoms with van der Waals surface area (Å²) in [6.45, 7) is 9.10. The van der Waals surface area contributed by atoms with Crippen LogP contribution in [0.2, 0.25) is 0 Å². The highest BCUT2D eigenvalue weighted by molar-refractivity contribution is 5.80. The van der Waals surface area contributed by atoms with E-state index >= 15 is 0 Å². The highest BCUT2D eigenvalue weighted by Gasteiger charge is 2.38. The Morgan fingerprint density at radius 1 is 1.27 bits per heavy atom. The highest BCUT2D eigenvalue weighted by atomic mass is 16.5.